The molecule has 0 amide bonds. The van der Waals surface area contributed by atoms with Crippen LogP contribution >= 0.6 is 0 Å². The van der Waals surface area contributed by atoms with Gasteiger partial charge in [-0.2, -0.15) is 5.26 Å². The molecule has 0 radical (unpaired) electrons. The predicted molar refractivity (Wildman–Crippen MR) is 75.2 cm³/mol. The molecule has 0 bridgehead atoms. The van der Waals surface area contributed by atoms with Gasteiger partial charge >= 0.3 is 0 Å². The summed E-state index contributed by atoms with van der Waals surface area (Å²) in [4.78, 5) is 0.0682. The van der Waals surface area contributed by atoms with Gasteiger partial charge in [0.15, 0.2) is 0 Å². The van der Waals surface area contributed by atoms with Gasteiger partial charge in [0.1, 0.15) is 6.07 Å². The average Bonchev–Trinajstić information content (AvgIpc) is 2.36. The second-order valence-corrected chi connectivity index (χ2v) is 6.54. The van der Waals surface area contributed by atoms with Crippen molar-refractivity contribution in [2.45, 2.75) is 38.5 Å². The van der Waals surface area contributed by atoms with Gasteiger partial charge in [-0.25, -0.2) is 13.1 Å². The predicted octanol–water partition coefficient (Wildman–Crippen LogP) is 2.58. The molecule has 1 unspecified atom stereocenters. The first kappa shape index (κ1) is 15.7. The third-order valence-electron chi connectivity index (χ3n) is 3.04. The third kappa shape index (κ3) is 4.05. The van der Waals surface area contributed by atoms with Crippen molar-refractivity contribution in [3.05, 3.63) is 29.3 Å². The van der Waals surface area contributed by atoms with Crippen LogP contribution in [0.3, 0.4) is 0 Å². The first-order chi connectivity index (χ1) is 8.92. The fourth-order valence-corrected chi connectivity index (χ4v) is 3.33. The van der Waals surface area contributed by atoms with Crippen LogP contribution in [0.15, 0.2) is 23.1 Å². The molecule has 0 heterocycles. The summed E-state index contributed by atoms with van der Waals surface area (Å²) in [5, 5.41) is 9.08. The van der Waals surface area contributed by atoms with Crippen LogP contribution in [0.5, 0.6) is 0 Å². The van der Waals surface area contributed by atoms with E-state index < -0.39 is 10.0 Å². The first-order valence-corrected chi connectivity index (χ1v) is 7.90. The maximum Gasteiger partial charge on any atom is 0.241 e. The molecule has 0 aliphatic carbocycles. The van der Waals surface area contributed by atoms with Crippen LogP contribution in [-0.4, -0.2) is 15.0 Å². The molecular weight excluding hydrogens is 260 g/mol. The minimum atomic E-state index is -3.61. The SMILES string of the molecule is CCCC(C)CNS(=O)(=O)c1cccc(C)c1C#N. The maximum absolute atomic E-state index is 12.2. The molecule has 104 valence electrons. The number of benzene rings is 1. The van der Waals surface area contributed by atoms with Crippen LogP contribution in [0.4, 0.5) is 0 Å². The smallest absolute Gasteiger partial charge is 0.211 e. The molecule has 1 aromatic carbocycles. The average molecular weight is 280 g/mol. The Kier molecular flexibility index (Phi) is 5.52. The van der Waals surface area contributed by atoms with E-state index in [1.165, 1.54) is 6.07 Å². The van der Waals surface area contributed by atoms with Gasteiger partial charge in [-0.05, 0) is 30.9 Å². The molecule has 4 nitrogen and oxygen atoms in total. The maximum atomic E-state index is 12.2. The molecule has 1 atom stereocenters. The van der Waals surface area contributed by atoms with Gasteiger partial charge in [-0.1, -0.05) is 32.4 Å². The number of rotatable bonds is 6. The van der Waals surface area contributed by atoms with Crippen LogP contribution in [-0.2, 0) is 10.0 Å². The van der Waals surface area contributed by atoms with Gasteiger partial charge in [0, 0.05) is 6.54 Å². The fraction of sp³-hybridized carbons (Fsp3) is 0.500. The van der Waals surface area contributed by atoms with E-state index in [1.807, 2.05) is 13.0 Å². The number of nitrogens with zero attached hydrogens (tertiary/aromatic N) is 1. The zero-order valence-corrected chi connectivity index (χ0v) is 12.4. The van der Waals surface area contributed by atoms with Gasteiger partial charge in [0.05, 0.1) is 10.5 Å². The number of aryl methyl sites for hydroxylation is 1. The summed E-state index contributed by atoms with van der Waals surface area (Å²) in [5.41, 5.74) is 0.894. The molecule has 19 heavy (non-hydrogen) atoms. The zero-order chi connectivity index (χ0) is 14.5. The Bertz CT molecular complexity index is 574. The van der Waals surface area contributed by atoms with E-state index in [4.69, 9.17) is 5.26 Å². The summed E-state index contributed by atoms with van der Waals surface area (Å²) in [6, 6.07) is 6.82. The highest BCUT2D eigenvalue weighted by Gasteiger charge is 2.20. The van der Waals surface area contributed by atoms with Crippen molar-refractivity contribution in [2.24, 2.45) is 5.92 Å². The lowest BCUT2D eigenvalue weighted by atomic mass is 10.1. The quantitative estimate of drug-likeness (QED) is 0.870. The minimum Gasteiger partial charge on any atom is -0.211 e. The summed E-state index contributed by atoms with van der Waals surface area (Å²) in [6.07, 6.45) is 2.00. The highest BCUT2D eigenvalue weighted by molar-refractivity contribution is 7.89. The van der Waals surface area contributed by atoms with E-state index >= 15 is 0 Å². The van der Waals surface area contributed by atoms with Crippen LogP contribution in [0.1, 0.15) is 37.8 Å². The Morgan fingerprint density at radius 1 is 1.42 bits per heavy atom. The van der Waals surface area contributed by atoms with Crippen molar-refractivity contribution in [3.8, 4) is 6.07 Å². The molecule has 0 saturated carbocycles. The summed E-state index contributed by atoms with van der Waals surface area (Å²) in [6.45, 7) is 6.21. The number of nitrogens with one attached hydrogen (secondary N) is 1. The standard InChI is InChI=1S/C14H20N2O2S/c1-4-6-11(2)10-16-19(17,18)14-8-5-7-12(3)13(14)9-15/h5,7-8,11,16H,4,6,10H2,1-3H3. The number of sulfonamides is 1. The van der Waals surface area contributed by atoms with Crippen LogP contribution < -0.4 is 4.72 Å². The number of hydrogen-bond donors (Lipinski definition) is 1. The minimum absolute atomic E-state index is 0.0682. The summed E-state index contributed by atoms with van der Waals surface area (Å²) in [7, 11) is -3.61. The van der Waals surface area contributed by atoms with E-state index in [-0.39, 0.29) is 16.4 Å². The molecule has 1 N–H and O–H groups in total. The molecule has 1 aromatic rings. The molecule has 5 heteroatoms. The van der Waals surface area contributed by atoms with E-state index in [1.54, 1.807) is 19.1 Å². The number of nitriles is 1. The van der Waals surface area contributed by atoms with Crippen molar-refractivity contribution in [1.82, 2.24) is 4.72 Å². The normalized spacial score (nSPS) is 12.9. The third-order valence-corrected chi connectivity index (χ3v) is 4.51. The topological polar surface area (TPSA) is 70.0 Å². The molecule has 0 fully saturated rings. The molecule has 0 aromatic heterocycles. The lowest BCUT2D eigenvalue weighted by Gasteiger charge is -2.13. The van der Waals surface area contributed by atoms with E-state index in [9.17, 15) is 8.42 Å². The molecule has 0 aliphatic heterocycles. The van der Waals surface area contributed by atoms with Gasteiger partial charge in [0.25, 0.3) is 0 Å². The molecule has 0 aliphatic rings. The van der Waals surface area contributed by atoms with Crippen molar-refractivity contribution in [3.63, 3.8) is 0 Å². The summed E-state index contributed by atoms with van der Waals surface area (Å²) < 4.78 is 27.0. The van der Waals surface area contributed by atoms with E-state index in [0.29, 0.717) is 12.1 Å². The van der Waals surface area contributed by atoms with Crippen molar-refractivity contribution in [1.29, 1.82) is 5.26 Å². The van der Waals surface area contributed by atoms with Crippen molar-refractivity contribution >= 4 is 10.0 Å². The highest BCUT2D eigenvalue weighted by atomic mass is 32.2. The fourth-order valence-electron chi connectivity index (χ4n) is 1.93. The van der Waals surface area contributed by atoms with Gasteiger partial charge in [0.2, 0.25) is 10.0 Å². The van der Waals surface area contributed by atoms with Crippen molar-refractivity contribution in [2.75, 3.05) is 6.54 Å². The molecule has 1 rings (SSSR count). The Hall–Kier alpha value is -1.38. The summed E-state index contributed by atoms with van der Waals surface area (Å²) >= 11 is 0. The summed E-state index contributed by atoms with van der Waals surface area (Å²) in [5.74, 6) is 0.287. The Morgan fingerprint density at radius 2 is 2.11 bits per heavy atom. The largest absolute Gasteiger partial charge is 0.241 e. The monoisotopic (exact) mass is 280 g/mol. The van der Waals surface area contributed by atoms with E-state index in [2.05, 4.69) is 11.6 Å². The van der Waals surface area contributed by atoms with Gasteiger partial charge in [-0.15, -0.1) is 0 Å². The van der Waals surface area contributed by atoms with Crippen LogP contribution in [0, 0.1) is 24.2 Å². The highest BCUT2D eigenvalue weighted by Crippen LogP contribution is 2.18. The first-order valence-electron chi connectivity index (χ1n) is 6.41. The van der Waals surface area contributed by atoms with Crippen molar-refractivity contribution < 1.29 is 8.42 Å². The second-order valence-electron chi connectivity index (χ2n) is 4.81. The number of hydrogen-bond acceptors (Lipinski definition) is 3. The molecular formula is C14H20N2O2S. The molecule has 0 spiro atoms. The Balaban J connectivity index is 2.96. The second kappa shape index (κ2) is 6.69. The lowest BCUT2D eigenvalue weighted by Crippen LogP contribution is -2.29. The Labute approximate surface area is 115 Å². The lowest BCUT2D eigenvalue weighted by molar-refractivity contribution is 0.504. The zero-order valence-electron chi connectivity index (χ0n) is 11.6. The molecule has 0 saturated heterocycles. The van der Waals surface area contributed by atoms with Gasteiger partial charge in [-0.3, -0.25) is 0 Å². The van der Waals surface area contributed by atoms with Crippen LogP contribution in [0.25, 0.3) is 0 Å². The Morgan fingerprint density at radius 3 is 2.68 bits per heavy atom. The van der Waals surface area contributed by atoms with E-state index in [0.717, 1.165) is 12.8 Å². The van der Waals surface area contributed by atoms with Crippen LogP contribution in [0.2, 0.25) is 0 Å². The van der Waals surface area contributed by atoms with Gasteiger partial charge < -0.3 is 0 Å².